The molecule has 0 unspecified atom stereocenters. The number of carbonyl (C=O) groups is 2. The van der Waals surface area contributed by atoms with Crippen LogP contribution in [0.2, 0.25) is 0 Å². The van der Waals surface area contributed by atoms with E-state index in [1.165, 1.54) is 0 Å². The molecule has 0 saturated heterocycles. The summed E-state index contributed by atoms with van der Waals surface area (Å²) in [5.74, 6) is -0.143. The Morgan fingerprint density at radius 3 is 2.50 bits per heavy atom. The monoisotopic (exact) mass is 322 g/mol. The molecular formula is C20H22N2O2. The van der Waals surface area contributed by atoms with E-state index < -0.39 is 0 Å². The molecule has 0 radical (unpaired) electrons. The van der Waals surface area contributed by atoms with Crippen LogP contribution in [0.5, 0.6) is 0 Å². The second kappa shape index (κ2) is 6.57. The van der Waals surface area contributed by atoms with Crippen molar-refractivity contribution < 1.29 is 9.59 Å². The van der Waals surface area contributed by atoms with E-state index in [4.69, 9.17) is 0 Å². The Balaban J connectivity index is 1.93. The standard InChI is InChI=1S/C20H22N2O2/c1-13-8-9-14-16(12-13)19(23)15-6-4-7-17(18(15)20(14)24)21-10-5-11-22(2)3/h4,6-9,12,21H,5,10-11H2,1-3H3. The van der Waals surface area contributed by atoms with Crippen molar-refractivity contribution in [2.24, 2.45) is 0 Å². The molecule has 1 N–H and O–H groups in total. The summed E-state index contributed by atoms with van der Waals surface area (Å²) in [7, 11) is 4.07. The minimum atomic E-state index is -0.0738. The molecule has 0 spiro atoms. The summed E-state index contributed by atoms with van der Waals surface area (Å²) >= 11 is 0. The van der Waals surface area contributed by atoms with Crippen molar-refractivity contribution in [2.45, 2.75) is 13.3 Å². The van der Waals surface area contributed by atoms with E-state index in [1.807, 2.05) is 39.2 Å². The van der Waals surface area contributed by atoms with E-state index in [1.54, 1.807) is 18.2 Å². The van der Waals surface area contributed by atoms with E-state index in [0.717, 1.165) is 30.8 Å². The number of nitrogens with one attached hydrogen (secondary N) is 1. The van der Waals surface area contributed by atoms with E-state index in [0.29, 0.717) is 22.3 Å². The number of hydrogen-bond donors (Lipinski definition) is 1. The van der Waals surface area contributed by atoms with Crippen molar-refractivity contribution in [1.29, 1.82) is 0 Å². The minimum absolute atomic E-state index is 0.0692. The van der Waals surface area contributed by atoms with Gasteiger partial charge < -0.3 is 10.2 Å². The molecule has 24 heavy (non-hydrogen) atoms. The number of benzene rings is 2. The quantitative estimate of drug-likeness (QED) is 0.733. The van der Waals surface area contributed by atoms with Gasteiger partial charge in [0.2, 0.25) is 0 Å². The molecule has 0 heterocycles. The Morgan fingerprint density at radius 1 is 0.958 bits per heavy atom. The van der Waals surface area contributed by atoms with Crippen LogP contribution < -0.4 is 5.32 Å². The summed E-state index contributed by atoms with van der Waals surface area (Å²) in [6, 6.07) is 10.9. The van der Waals surface area contributed by atoms with Gasteiger partial charge in [-0.05, 0) is 46.1 Å². The van der Waals surface area contributed by atoms with Crippen molar-refractivity contribution in [1.82, 2.24) is 4.90 Å². The van der Waals surface area contributed by atoms with E-state index in [-0.39, 0.29) is 11.6 Å². The molecule has 2 aromatic rings. The highest BCUT2D eigenvalue weighted by Gasteiger charge is 2.31. The van der Waals surface area contributed by atoms with E-state index in [9.17, 15) is 9.59 Å². The molecule has 0 amide bonds. The van der Waals surface area contributed by atoms with Crippen LogP contribution in [0.4, 0.5) is 5.69 Å². The van der Waals surface area contributed by atoms with Crippen LogP contribution in [-0.4, -0.2) is 43.7 Å². The number of hydrogen-bond acceptors (Lipinski definition) is 4. The molecule has 0 aliphatic heterocycles. The summed E-state index contributed by atoms with van der Waals surface area (Å²) in [5, 5.41) is 3.32. The summed E-state index contributed by atoms with van der Waals surface area (Å²) in [6.07, 6.45) is 0.967. The van der Waals surface area contributed by atoms with Gasteiger partial charge in [0.05, 0.1) is 5.56 Å². The first-order valence-electron chi connectivity index (χ1n) is 8.20. The van der Waals surface area contributed by atoms with Gasteiger partial charge >= 0.3 is 0 Å². The average molecular weight is 322 g/mol. The molecule has 1 aliphatic rings. The molecule has 0 aromatic heterocycles. The molecule has 0 fully saturated rings. The molecule has 2 aromatic carbocycles. The largest absolute Gasteiger partial charge is 0.384 e. The van der Waals surface area contributed by atoms with Gasteiger partial charge in [-0.25, -0.2) is 0 Å². The van der Waals surface area contributed by atoms with Crippen molar-refractivity contribution in [3.05, 3.63) is 64.2 Å². The lowest BCUT2D eigenvalue weighted by Crippen LogP contribution is -2.23. The molecule has 0 atom stereocenters. The second-order valence-corrected chi connectivity index (χ2v) is 6.52. The lowest BCUT2D eigenvalue weighted by Gasteiger charge is -2.21. The van der Waals surface area contributed by atoms with Crippen LogP contribution in [0.15, 0.2) is 36.4 Å². The first-order valence-corrected chi connectivity index (χ1v) is 8.20. The number of aryl methyl sites for hydroxylation is 1. The second-order valence-electron chi connectivity index (χ2n) is 6.52. The van der Waals surface area contributed by atoms with Gasteiger partial charge in [-0.3, -0.25) is 9.59 Å². The summed E-state index contributed by atoms with van der Waals surface area (Å²) in [5.41, 5.74) is 3.74. The lowest BCUT2D eigenvalue weighted by molar-refractivity contribution is 0.0979. The molecule has 0 saturated carbocycles. The van der Waals surface area contributed by atoms with Crippen molar-refractivity contribution in [2.75, 3.05) is 32.5 Å². The number of carbonyl (C=O) groups excluding carboxylic acids is 2. The number of anilines is 1. The van der Waals surface area contributed by atoms with Gasteiger partial charge in [-0.2, -0.15) is 0 Å². The average Bonchev–Trinajstić information content (AvgIpc) is 2.56. The SMILES string of the molecule is Cc1ccc2c(c1)C(=O)c1cccc(NCCCN(C)C)c1C2=O. The van der Waals surface area contributed by atoms with Crippen LogP contribution in [0, 0.1) is 6.92 Å². The summed E-state index contributed by atoms with van der Waals surface area (Å²) in [4.78, 5) is 27.8. The topological polar surface area (TPSA) is 49.4 Å². The molecule has 124 valence electrons. The van der Waals surface area contributed by atoms with Crippen molar-refractivity contribution >= 4 is 17.3 Å². The molecule has 3 rings (SSSR count). The zero-order valence-electron chi connectivity index (χ0n) is 14.3. The maximum atomic E-state index is 12.9. The molecule has 4 heteroatoms. The third-order valence-corrected chi connectivity index (χ3v) is 4.30. The predicted octanol–water partition coefficient (Wildman–Crippen LogP) is 3.13. The van der Waals surface area contributed by atoms with Gasteiger partial charge in [-0.1, -0.05) is 29.8 Å². The highest BCUT2D eigenvalue weighted by atomic mass is 16.1. The smallest absolute Gasteiger partial charge is 0.196 e. The number of ketones is 2. The number of rotatable bonds is 5. The van der Waals surface area contributed by atoms with Crippen LogP contribution in [0.1, 0.15) is 43.8 Å². The zero-order valence-corrected chi connectivity index (χ0v) is 14.3. The maximum absolute atomic E-state index is 12.9. The fourth-order valence-electron chi connectivity index (χ4n) is 3.08. The highest BCUT2D eigenvalue weighted by Crippen LogP contribution is 2.32. The zero-order chi connectivity index (χ0) is 17.3. The Kier molecular flexibility index (Phi) is 4.49. The lowest BCUT2D eigenvalue weighted by atomic mass is 9.82. The van der Waals surface area contributed by atoms with Gasteiger partial charge in [0.25, 0.3) is 0 Å². The van der Waals surface area contributed by atoms with Gasteiger partial charge in [0.1, 0.15) is 0 Å². The fourth-order valence-corrected chi connectivity index (χ4v) is 3.08. The van der Waals surface area contributed by atoms with Gasteiger partial charge in [0.15, 0.2) is 11.6 Å². The van der Waals surface area contributed by atoms with Crippen molar-refractivity contribution in [3.8, 4) is 0 Å². The van der Waals surface area contributed by atoms with E-state index >= 15 is 0 Å². The Hall–Kier alpha value is -2.46. The molecule has 0 bridgehead atoms. The fraction of sp³-hybridized carbons (Fsp3) is 0.300. The Labute approximate surface area is 142 Å². The third-order valence-electron chi connectivity index (χ3n) is 4.30. The normalized spacial score (nSPS) is 13.0. The van der Waals surface area contributed by atoms with Crippen LogP contribution in [0.3, 0.4) is 0 Å². The van der Waals surface area contributed by atoms with Crippen LogP contribution in [0.25, 0.3) is 0 Å². The number of fused-ring (bicyclic) bond motifs is 2. The first kappa shape index (κ1) is 16.4. The Morgan fingerprint density at radius 2 is 1.75 bits per heavy atom. The van der Waals surface area contributed by atoms with Crippen LogP contribution in [-0.2, 0) is 0 Å². The Bertz CT molecular complexity index is 809. The van der Waals surface area contributed by atoms with Crippen molar-refractivity contribution in [3.63, 3.8) is 0 Å². The van der Waals surface area contributed by atoms with Gasteiger partial charge in [-0.15, -0.1) is 0 Å². The molecule has 1 aliphatic carbocycles. The maximum Gasteiger partial charge on any atom is 0.196 e. The van der Waals surface area contributed by atoms with Crippen LogP contribution >= 0.6 is 0 Å². The molecule has 4 nitrogen and oxygen atoms in total. The highest BCUT2D eigenvalue weighted by molar-refractivity contribution is 6.30. The van der Waals surface area contributed by atoms with Gasteiger partial charge in [0, 0.05) is 28.9 Å². The minimum Gasteiger partial charge on any atom is -0.384 e. The van der Waals surface area contributed by atoms with E-state index in [2.05, 4.69) is 10.2 Å². The molecular weight excluding hydrogens is 300 g/mol. The summed E-state index contributed by atoms with van der Waals surface area (Å²) in [6.45, 7) is 3.66. The predicted molar refractivity (Wildman–Crippen MR) is 96.1 cm³/mol. The third kappa shape index (κ3) is 2.97. The summed E-state index contributed by atoms with van der Waals surface area (Å²) < 4.78 is 0. The first-order chi connectivity index (χ1) is 11.5. The number of nitrogens with zero attached hydrogens (tertiary/aromatic N) is 1.